The number of H-pyrrole nitrogens is 1. The van der Waals surface area contributed by atoms with Crippen molar-refractivity contribution in [3.8, 4) is 45.5 Å². The molecule has 27 heteroatoms. The second kappa shape index (κ2) is 28.5. The van der Waals surface area contributed by atoms with E-state index in [9.17, 15) is 4.79 Å². The summed E-state index contributed by atoms with van der Waals surface area (Å²) >= 11 is 0. The molecule has 324 valence electrons. The molecule has 0 amide bonds. The quantitative estimate of drug-likeness (QED) is 0.114. The second-order valence-electron chi connectivity index (χ2n) is 11.6. The Hall–Kier alpha value is 0.450. The van der Waals surface area contributed by atoms with Crippen LogP contribution in [0.25, 0.3) is 45.1 Å². The molecule has 0 saturated carbocycles. The molecule has 12 nitrogen and oxygen atoms in total. The largest absolute Gasteiger partial charge is 0.492 e. The summed E-state index contributed by atoms with van der Waals surface area (Å²) in [5, 5.41) is 17.9. The number of fused-ring (bicyclic) bond motifs is 1. The number of carboxylic acid groups (broad SMARTS) is 1. The highest BCUT2D eigenvalue weighted by molar-refractivity contribution is 9.28. The minimum atomic E-state index is -1.06. The molecule has 0 spiro atoms. The number of carbonyl (C=O) groups excluding carboxylic acids is 2. The minimum absolute atomic E-state index is 0. The van der Waals surface area contributed by atoms with Gasteiger partial charge in [0, 0.05) is 25.2 Å². The van der Waals surface area contributed by atoms with Crippen molar-refractivity contribution in [3.63, 3.8) is 0 Å². The number of hydrogen-bond acceptors (Lipinski definition) is 8. The van der Waals surface area contributed by atoms with E-state index in [1.165, 1.54) is 17.4 Å². The Morgan fingerprint density at radius 2 is 1.23 bits per heavy atom. The molecule has 0 aliphatic carbocycles. The lowest BCUT2D eigenvalue weighted by Crippen LogP contribution is -2.06. The third kappa shape index (κ3) is 15.5. The zero-order chi connectivity index (χ0) is 44.0. The fourth-order valence-electron chi connectivity index (χ4n) is 5.34. The van der Waals surface area contributed by atoms with Gasteiger partial charge in [-0.25, -0.2) is 9.78 Å². The van der Waals surface area contributed by atoms with Crippen LogP contribution < -0.4 is 9.47 Å². The molecular weight excluding hydrogens is 1040 g/mol. The van der Waals surface area contributed by atoms with Crippen molar-refractivity contribution in [3.05, 3.63) is 90.1 Å². The number of methoxy groups -OCH3 is 2. The SMILES string of the molecule is C.COc1c(-c2ccccc2)nn(C)c1-c1nc2ccc(C)cc2[nH]1.COc1c(-c2ccccc2)nn(C)c1C(=O)O.O=C=O.PPP(P)P(P(P)P)P(P(P)P)P(P)P. The van der Waals surface area contributed by atoms with Gasteiger partial charge in [-0.05, 0) is 66.5 Å². The number of ether oxygens (including phenoxy) is 2. The zero-order valence-electron chi connectivity index (χ0n) is 32.5. The Kier molecular flexibility index (Phi) is 26.9. The molecule has 0 aliphatic rings. The lowest BCUT2D eigenvalue weighted by Gasteiger charge is -2.38. The first kappa shape index (κ1) is 56.6. The van der Waals surface area contributed by atoms with E-state index in [0.29, 0.717) is 5.69 Å². The Labute approximate surface area is 379 Å². The third-order valence-electron chi connectivity index (χ3n) is 7.68. The first-order valence-electron chi connectivity index (χ1n) is 16.6. The predicted molar refractivity (Wildman–Crippen MR) is 296 cm³/mol. The van der Waals surface area contributed by atoms with Gasteiger partial charge in [0.05, 0.1) is 25.3 Å². The molecule has 3 heterocycles. The number of benzene rings is 3. The number of hydrogen-bond donors (Lipinski definition) is 2. The van der Waals surface area contributed by atoms with Gasteiger partial charge in [-0.3, -0.25) is 9.36 Å². The standard InChI is InChI=1S/C19H18N4O.C12H12N2O3.CO2.CH4.H17P15/c1-12-9-10-14-15(11-12)21-19(20-14)17-18(24-3)16(22-23(17)2)13-7-5-4-6-8-13;1-14-10(12(15)16)11(17-2)9(13-14)8-6-4-3-5-7-8;2-1-3;;1-9-13(8)15(12(6)7)14(10(2)3)11(4)5/h4-11H,1-3H3,(H,20,21);3-7H,1-2H3,(H,15,16);;1H4;9H,1-8H2. The van der Waals surface area contributed by atoms with E-state index in [1.807, 2.05) is 78.5 Å². The average molecular weight is 1090 g/mol. The normalized spacial score (nSPS) is 11.9. The van der Waals surface area contributed by atoms with Crippen LogP contribution >= 0.6 is 121 Å². The fourth-order valence-corrected chi connectivity index (χ4v) is 162. The van der Waals surface area contributed by atoms with Crippen LogP contribution in [0, 0.1) is 6.92 Å². The van der Waals surface area contributed by atoms with Gasteiger partial charge in [-0.1, -0.05) is 82.1 Å². The molecule has 60 heavy (non-hydrogen) atoms. The lowest BCUT2D eigenvalue weighted by atomic mass is 10.1. The van der Waals surface area contributed by atoms with E-state index in [4.69, 9.17) is 29.2 Å². The van der Waals surface area contributed by atoms with Crippen molar-refractivity contribution in [2.75, 3.05) is 14.2 Å². The number of rotatable bonds is 12. The molecule has 6 rings (SSSR count). The van der Waals surface area contributed by atoms with E-state index >= 15 is 0 Å². The number of nitrogens with one attached hydrogen (secondary N) is 1. The number of carbonyl (C=O) groups is 1. The summed E-state index contributed by atoms with van der Waals surface area (Å²) in [6.45, 7) is 2.95. The maximum absolute atomic E-state index is 11.1. The highest BCUT2D eigenvalue weighted by Gasteiger charge is 2.33. The van der Waals surface area contributed by atoms with Crippen LogP contribution in [0.15, 0.2) is 78.9 Å². The van der Waals surface area contributed by atoms with Crippen molar-refractivity contribution >= 4 is 144 Å². The van der Waals surface area contributed by atoms with Gasteiger partial charge < -0.3 is 19.6 Å². The Morgan fingerprint density at radius 3 is 1.67 bits per heavy atom. The summed E-state index contributed by atoms with van der Waals surface area (Å²) in [4.78, 5) is 35.4. The number of imidazole rings is 1. The first-order valence-corrected chi connectivity index (χ1v) is 43.1. The number of aromatic carboxylic acids is 1. The van der Waals surface area contributed by atoms with Crippen LogP contribution in [0.5, 0.6) is 11.5 Å². The average Bonchev–Trinajstić information content (AvgIpc) is 3.89. The van der Waals surface area contributed by atoms with E-state index in [0.717, 1.165) is 53.1 Å². The predicted octanol–water partition coefficient (Wildman–Crippen LogP) is 14.2. The highest BCUT2D eigenvalue weighted by atomic mass is 33.3. The van der Waals surface area contributed by atoms with E-state index in [2.05, 4.69) is 106 Å². The summed E-state index contributed by atoms with van der Waals surface area (Å²) in [6, 6.07) is 25.5. The molecule has 3 aromatic carbocycles. The second-order valence-corrected chi connectivity index (χ2v) is 67.5. The van der Waals surface area contributed by atoms with Gasteiger partial charge in [-0.15, -0.1) is 71.4 Å². The zero-order valence-corrected chi connectivity index (χ0v) is 48.1. The van der Waals surface area contributed by atoms with Crippen LogP contribution in [0.3, 0.4) is 0 Å². The number of aromatic nitrogens is 6. The minimum Gasteiger partial charge on any atom is -0.492 e. The smallest absolute Gasteiger partial charge is 0.373 e. The monoisotopic (exact) mass is 1090 g/mol. The number of nitrogens with zero attached hydrogens (tertiary/aromatic N) is 5. The van der Waals surface area contributed by atoms with Gasteiger partial charge in [0.1, 0.15) is 17.1 Å². The van der Waals surface area contributed by atoms with Gasteiger partial charge >= 0.3 is 12.1 Å². The summed E-state index contributed by atoms with van der Waals surface area (Å²) in [7, 11) is 32.2. The maximum Gasteiger partial charge on any atom is 0.373 e. The van der Waals surface area contributed by atoms with Gasteiger partial charge in [0.25, 0.3) is 0 Å². The number of aryl methyl sites for hydroxylation is 3. The molecule has 11 unspecified atom stereocenters. The molecule has 0 fully saturated rings. The van der Waals surface area contributed by atoms with Gasteiger partial charge in [0.2, 0.25) is 0 Å². The van der Waals surface area contributed by atoms with Crippen molar-refractivity contribution in [1.29, 1.82) is 0 Å². The molecule has 0 aliphatic heterocycles. The van der Waals surface area contributed by atoms with E-state index in [1.54, 1.807) is 14.2 Å². The summed E-state index contributed by atoms with van der Waals surface area (Å²) in [6.07, 6.45) is 0.250. The molecule has 0 bridgehead atoms. The van der Waals surface area contributed by atoms with Crippen LogP contribution in [0.4, 0.5) is 0 Å². The molecule has 0 saturated heterocycles. The van der Waals surface area contributed by atoms with Crippen molar-refractivity contribution < 1.29 is 29.0 Å². The molecule has 6 aromatic rings. The van der Waals surface area contributed by atoms with Crippen molar-refractivity contribution in [2.45, 2.75) is 14.4 Å². The molecule has 2 N–H and O–H groups in total. The van der Waals surface area contributed by atoms with Crippen molar-refractivity contribution in [1.82, 2.24) is 29.5 Å². The molecule has 0 radical (unpaired) electrons. The number of carboxylic acids is 1. The summed E-state index contributed by atoms with van der Waals surface area (Å²) < 4.78 is 14.0. The van der Waals surface area contributed by atoms with E-state index in [-0.39, 0.29) is 66.9 Å². The summed E-state index contributed by atoms with van der Waals surface area (Å²) in [5.74, 6) is 0.703. The van der Waals surface area contributed by atoms with E-state index < -0.39 is 5.97 Å². The Bertz CT molecular complexity index is 2280. The van der Waals surface area contributed by atoms with Crippen LogP contribution in [-0.2, 0) is 23.7 Å². The maximum atomic E-state index is 11.1. The Morgan fingerprint density at radius 1 is 0.767 bits per heavy atom. The molecular formula is C33H51N6O6P15. The Balaban J connectivity index is 0.000000308. The summed E-state index contributed by atoms with van der Waals surface area (Å²) in [5.41, 5.74) is 7.21. The topological polar surface area (TPSA) is 154 Å². The highest BCUT2D eigenvalue weighted by Crippen LogP contribution is 3.22. The fraction of sp³-hybridized carbons (Fsp3) is 0.182. The van der Waals surface area contributed by atoms with Gasteiger partial charge in [0.15, 0.2) is 23.0 Å². The van der Waals surface area contributed by atoms with Crippen LogP contribution in [0.1, 0.15) is 23.5 Å². The number of aromatic amines is 1. The first-order chi connectivity index (χ1) is 28.1. The third-order valence-corrected chi connectivity index (χ3v) is 96.1. The lowest BCUT2D eigenvalue weighted by molar-refractivity contribution is -0.191. The molecule has 3 aromatic heterocycles. The molecule has 11 atom stereocenters. The van der Waals surface area contributed by atoms with Crippen LogP contribution in [0.2, 0.25) is 0 Å². The van der Waals surface area contributed by atoms with Crippen molar-refractivity contribution in [2.24, 2.45) is 14.1 Å². The van der Waals surface area contributed by atoms with Crippen LogP contribution in [-0.4, -0.2) is 61.0 Å². The van der Waals surface area contributed by atoms with Gasteiger partial charge in [-0.2, -0.15) is 19.8 Å².